The summed E-state index contributed by atoms with van der Waals surface area (Å²) in [5.41, 5.74) is -0.566. The summed E-state index contributed by atoms with van der Waals surface area (Å²) in [6, 6.07) is 9.63. The summed E-state index contributed by atoms with van der Waals surface area (Å²) in [5, 5.41) is 8.99. The van der Waals surface area contributed by atoms with Gasteiger partial charge in [0.2, 0.25) is 17.7 Å². The van der Waals surface area contributed by atoms with E-state index < -0.39 is 35.9 Å². The number of anilines is 1. The second kappa shape index (κ2) is 11.2. The number of hydrogen-bond acceptors (Lipinski definition) is 4. The van der Waals surface area contributed by atoms with E-state index in [1.165, 1.54) is 41.0 Å². The average Bonchev–Trinajstić information content (AvgIpc) is 2.85. The molecule has 190 valence electrons. The molecule has 11 heteroatoms. The summed E-state index contributed by atoms with van der Waals surface area (Å²) in [6.07, 6.45) is -3.65. The molecule has 0 bridgehead atoms. The zero-order valence-electron chi connectivity index (χ0n) is 19.5. The smallest absolute Gasteiger partial charge is 0.325 e. The summed E-state index contributed by atoms with van der Waals surface area (Å²) in [7, 11) is 0. The van der Waals surface area contributed by atoms with Crippen LogP contribution in [0.2, 0.25) is 0 Å². The first-order valence-corrected chi connectivity index (χ1v) is 11.2. The van der Waals surface area contributed by atoms with Gasteiger partial charge in [0, 0.05) is 26.4 Å². The zero-order chi connectivity index (χ0) is 26.5. The fraction of sp³-hybridized carbons (Fsp3) is 0.360. The molecule has 0 aliphatic carbocycles. The van der Waals surface area contributed by atoms with Crippen LogP contribution in [-0.4, -0.2) is 47.3 Å². The van der Waals surface area contributed by atoms with Gasteiger partial charge >= 0.3 is 6.18 Å². The van der Waals surface area contributed by atoms with Crippen LogP contribution in [0.3, 0.4) is 0 Å². The molecule has 7 nitrogen and oxygen atoms in total. The highest BCUT2D eigenvalue weighted by molar-refractivity contribution is 5.99. The van der Waals surface area contributed by atoms with E-state index in [4.69, 9.17) is 5.26 Å². The van der Waals surface area contributed by atoms with Crippen molar-refractivity contribution in [3.05, 3.63) is 65.0 Å². The van der Waals surface area contributed by atoms with Gasteiger partial charge in [0.25, 0.3) is 0 Å². The van der Waals surface area contributed by atoms with Crippen molar-refractivity contribution in [1.82, 2.24) is 9.80 Å². The molecule has 0 N–H and O–H groups in total. The van der Waals surface area contributed by atoms with Crippen LogP contribution in [0.25, 0.3) is 0 Å². The van der Waals surface area contributed by atoms with Crippen LogP contribution in [0.15, 0.2) is 42.5 Å². The van der Waals surface area contributed by atoms with Gasteiger partial charge in [-0.05, 0) is 48.7 Å². The predicted octanol–water partition coefficient (Wildman–Crippen LogP) is 4.07. The third-order valence-corrected chi connectivity index (χ3v) is 5.82. The van der Waals surface area contributed by atoms with Crippen molar-refractivity contribution in [3.8, 4) is 6.07 Å². The minimum absolute atomic E-state index is 0.0113. The molecule has 3 rings (SSSR count). The Morgan fingerprint density at radius 2 is 1.75 bits per heavy atom. The molecule has 0 aromatic heterocycles. The van der Waals surface area contributed by atoms with Gasteiger partial charge in [0.1, 0.15) is 12.4 Å². The van der Waals surface area contributed by atoms with E-state index in [1.54, 1.807) is 6.07 Å². The maximum absolute atomic E-state index is 14.7. The Balaban J connectivity index is 1.94. The molecule has 0 saturated carbocycles. The Morgan fingerprint density at radius 3 is 2.33 bits per heavy atom. The van der Waals surface area contributed by atoms with Crippen molar-refractivity contribution in [1.29, 1.82) is 5.26 Å². The highest BCUT2D eigenvalue weighted by atomic mass is 19.4. The monoisotopic (exact) mass is 504 g/mol. The molecule has 0 radical (unpaired) electrons. The lowest BCUT2D eigenvalue weighted by molar-refractivity contribution is -0.139. The normalized spacial score (nSPS) is 15.9. The Hall–Kier alpha value is -3.94. The van der Waals surface area contributed by atoms with E-state index in [9.17, 15) is 31.9 Å². The number of carbonyl (C=O) groups is 3. The van der Waals surface area contributed by atoms with Gasteiger partial charge in [-0.2, -0.15) is 18.4 Å². The molecule has 1 fully saturated rings. The molecule has 1 heterocycles. The number of carbonyl (C=O) groups excluding carboxylic acids is 3. The Kier molecular flexibility index (Phi) is 8.29. The molecular weight excluding hydrogens is 480 g/mol. The van der Waals surface area contributed by atoms with Gasteiger partial charge in [0.15, 0.2) is 0 Å². The second-order valence-corrected chi connectivity index (χ2v) is 8.43. The van der Waals surface area contributed by atoms with Crippen LogP contribution in [0.1, 0.15) is 42.9 Å². The van der Waals surface area contributed by atoms with E-state index in [2.05, 4.69) is 0 Å². The molecule has 1 saturated heterocycles. The molecule has 0 unspecified atom stereocenters. The number of alkyl halides is 3. The predicted molar refractivity (Wildman–Crippen MR) is 122 cm³/mol. The SMILES string of the molecule is CC(=O)N1CCCCC(=O)N(c2ccc(C#N)cc2F)CC(=O)N(Cc2ccc(C(F)(F)F)cc2)C1. The van der Waals surface area contributed by atoms with E-state index in [0.29, 0.717) is 18.4 Å². The van der Waals surface area contributed by atoms with E-state index in [-0.39, 0.29) is 43.3 Å². The van der Waals surface area contributed by atoms with Crippen LogP contribution in [-0.2, 0) is 27.1 Å². The molecule has 1 aliphatic rings. The van der Waals surface area contributed by atoms with Crippen LogP contribution in [0, 0.1) is 17.1 Å². The van der Waals surface area contributed by atoms with Crippen molar-refractivity contribution in [3.63, 3.8) is 0 Å². The van der Waals surface area contributed by atoms with Crippen LogP contribution in [0.5, 0.6) is 0 Å². The second-order valence-electron chi connectivity index (χ2n) is 8.43. The van der Waals surface area contributed by atoms with E-state index in [1.807, 2.05) is 0 Å². The topological polar surface area (TPSA) is 84.7 Å². The van der Waals surface area contributed by atoms with Crippen molar-refractivity contribution < 1.29 is 31.9 Å². The van der Waals surface area contributed by atoms with Gasteiger partial charge < -0.3 is 14.7 Å². The number of hydrogen-bond donors (Lipinski definition) is 0. The van der Waals surface area contributed by atoms with Crippen molar-refractivity contribution in [2.45, 2.75) is 38.9 Å². The van der Waals surface area contributed by atoms with Gasteiger partial charge in [0.05, 0.1) is 29.6 Å². The lowest BCUT2D eigenvalue weighted by Crippen LogP contribution is -2.47. The summed E-state index contributed by atoms with van der Waals surface area (Å²) in [6.45, 7) is 0.786. The Labute approximate surface area is 205 Å². The number of rotatable bonds is 3. The minimum Gasteiger partial charge on any atom is -0.325 e. The van der Waals surface area contributed by atoms with Crippen molar-refractivity contribution >= 4 is 23.4 Å². The molecule has 0 spiro atoms. The molecule has 2 aromatic carbocycles. The van der Waals surface area contributed by atoms with Crippen LogP contribution in [0.4, 0.5) is 23.2 Å². The van der Waals surface area contributed by atoms with Crippen LogP contribution >= 0.6 is 0 Å². The molecule has 3 amide bonds. The molecule has 36 heavy (non-hydrogen) atoms. The quantitative estimate of drug-likeness (QED) is 0.590. The summed E-state index contributed by atoms with van der Waals surface area (Å²) in [5.74, 6) is -2.27. The number of halogens is 4. The highest BCUT2D eigenvalue weighted by Crippen LogP contribution is 2.29. The number of benzene rings is 2. The first kappa shape index (κ1) is 26.7. The largest absolute Gasteiger partial charge is 0.416 e. The number of nitrogens with zero attached hydrogens (tertiary/aromatic N) is 4. The fourth-order valence-corrected chi connectivity index (χ4v) is 3.82. The Morgan fingerprint density at radius 1 is 1.06 bits per heavy atom. The summed E-state index contributed by atoms with van der Waals surface area (Å²) >= 11 is 0. The van der Waals surface area contributed by atoms with E-state index in [0.717, 1.165) is 23.1 Å². The molecule has 1 aliphatic heterocycles. The first-order chi connectivity index (χ1) is 17.0. The maximum Gasteiger partial charge on any atom is 0.416 e. The Bertz CT molecular complexity index is 1180. The molecule has 0 atom stereocenters. The van der Waals surface area contributed by atoms with Crippen LogP contribution < -0.4 is 4.90 Å². The molecule has 2 aromatic rings. The lowest BCUT2D eigenvalue weighted by Gasteiger charge is -2.31. The van der Waals surface area contributed by atoms with Gasteiger partial charge in [-0.15, -0.1) is 0 Å². The van der Waals surface area contributed by atoms with Gasteiger partial charge in [-0.25, -0.2) is 4.39 Å². The number of nitriles is 1. The fourth-order valence-electron chi connectivity index (χ4n) is 3.82. The standard InChI is InChI=1S/C25H24F4N4O3/c1-17(34)31-11-3-2-4-23(35)33(22-10-7-19(13-30)12-21(22)26)15-24(36)32(16-31)14-18-5-8-20(9-6-18)25(27,28)29/h5-10,12H,2-4,11,14-16H2,1H3. The molecular formula is C25H24F4N4O3. The maximum atomic E-state index is 14.7. The number of amides is 3. The average molecular weight is 504 g/mol. The van der Waals surface area contributed by atoms with E-state index >= 15 is 0 Å². The first-order valence-electron chi connectivity index (χ1n) is 11.2. The highest BCUT2D eigenvalue weighted by Gasteiger charge is 2.31. The third-order valence-electron chi connectivity index (χ3n) is 5.82. The zero-order valence-corrected chi connectivity index (χ0v) is 19.5. The van der Waals surface area contributed by atoms with Gasteiger partial charge in [-0.3, -0.25) is 14.4 Å². The van der Waals surface area contributed by atoms with Gasteiger partial charge in [-0.1, -0.05) is 12.1 Å². The minimum atomic E-state index is -4.51. The third kappa shape index (κ3) is 6.59. The van der Waals surface area contributed by atoms with Crippen molar-refractivity contribution in [2.75, 3.05) is 24.7 Å². The lowest BCUT2D eigenvalue weighted by atomic mass is 10.1. The summed E-state index contributed by atoms with van der Waals surface area (Å²) in [4.78, 5) is 42.1. The summed E-state index contributed by atoms with van der Waals surface area (Å²) < 4.78 is 53.5. The van der Waals surface area contributed by atoms with Crippen molar-refractivity contribution in [2.24, 2.45) is 0 Å².